The number of aromatic nitrogens is 1. The van der Waals surface area contributed by atoms with Gasteiger partial charge in [0.2, 0.25) is 0 Å². The molecule has 0 radical (unpaired) electrons. The van der Waals surface area contributed by atoms with Gasteiger partial charge in [-0.05, 0) is 30.4 Å². The van der Waals surface area contributed by atoms with Gasteiger partial charge in [0.1, 0.15) is 11.5 Å². The van der Waals surface area contributed by atoms with Gasteiger partial charge in [-0.1, -0.05) is 37.9 Å². The molecule has 2 heterocycles. The Balaban J connectivity index is 2.11. The lowest BCUT2D eigenvalue weighted by Gasteiger charge is -2.41. The smallest absolute Gasteiger partial charge is 0.188 e. The fraction of sp³-hybridized carbons (Fsp3) is 0.600. The van der Waals surface area contributed by atoms with Crippen LogP contribution in [0.2, 0.25) is 0 Å². The Hall–Kier alpha value is -1.78. The van der Waals surface area contributed by atoms with E-state index in [1.165, 1.54) is 25.7 Å². The first kappa shape index (κ1) is 14.6. The van der Waals surface area contributed by atoms with Crippen molar-refractivity contribution < 1.29 is 5.21 Å². The van der Waals surface area contributed by atoms with Crippen LogP contribution in [0.4, 0.5) is 5.82 Å². The number of oxime groups is 1. The summed E-state index contributed by atoms with van der Waals surface area (Å²) in [6.07, 6.45) is 4.90. The van der Waals surface area contributed by atoms with Gasteiger partial charge >= 0.3 is 0 Å². The molecule has 5 nitrogen and oxygen atoms in total. The minimum atomic E-state index is 0.0559. The summed E-state index contributed by atoms with van der Waals surface area (Å²) in [4.78, 5) is 6.77. The van der Waals surface area contributed by atoms with E-state index < -0.39 is 0 Å². The highest BCUT2D eigenvalue weighted by atomic mass is 16.4. The standard InChI is InChI=1S/C15H24N4O/c1-3-15(4-2)8-10-19(11-9-15)13-7-5-6-12(17-13)14(16)18-20/h5-7,20H,3-4,8-11H2,1-2H3,(H2,16,18). The second-order valence-corrected chi connectivity index (χ2v) is 5.56. The van der Waals surface area contributed by atoms with Crippen LogP contribution in [0.3, 0.4) is 0 Å². The average molecular weight is 276 g/mol. The summed E-state index contributed by atoms with van der Waals surface area (Å²) in [7, 11) is 0. The van der Waals surface area contributed by atoms with Gasteiger partial charge in [0.15, 0.2) is 5.84 Å². The maximum absolute atomic E-state index is 8.73. The van der Waals surface area contributed by atoms with E-state index in [4.69, 9.17) is 10.9 Å². The number of rotatable bonds is 4. The zero-order chi connectivity index (χ0) is 14.6. The third-order valence-electron chi connectivity index (χ3n) is 4.75. The molecule has 1 aromatic heterocycles. The number of pyridine rings is 1. The number of piperidine rings is 1. The molecule has 20 heavy (non-hydrogen) atoms. The Labute approximate surface area is 120 Å². The highest BCUT2D eigenvalue weighted by Crippen LogP contribution is 2.38. The molecule has 5 heteroatoms. The van der Waals surface area contributed by atoms with Crippen molar-refractivity contribution in [1.82, 2.24) is 4.98 Å². The largest absolute Gasteiger partial charge is 0.409 e. The fourth-order valence-electron chi connectivity index (χ4n) is 2.96. The maximum Gasteiger partial charge on any atom is 0.188 e. The van der Waals surface area contributed by atoms with E-state index in [9.17, 15) is 0 Å². The van der Waals surface area contributed by atoms with Crippen LogP contribution in [0.1, 0.15) is 45.2 Å². The molecule has 3 N–H and O–H groups in total. The number of nitrogens with two attached hydrogens (primary N) is 1. The molecule has 1 saturated heterocycles. The lowest BCUT2D eigenvalue weighted by Crippen LogP contribution is -2.40. The summed E-state index contributed by atoms with van der Waals surface area (Å²) >= 11 is 0. The van der Waals surface area contributed by atoms with Gasteiger partial charge in [0, 0.05) is 13.1 Å². The molecule has 0 atom stereocenters. The number of hydrogen-bond acceptors (Lipinski definition) is 4. The quantitative estimate of drug-likeness (QED) is 0.383. The summed E-state index contributed by atoms with van der Waals surface area (Å²) in [5.41, 5.74) is 6.62. The first-order valence-corrected chi connectivity index (χ1v) is 7.34. The fourth-order valence-corrected chi connectivity index (χ4v) is 2.96. The third kappa shape index (κ3) is 2.86. The molecule has 0 bridgehead atoms. The van der Waals surface area contributed by atoms with Crippen molar-refractivity contribution in [3.05, 3.63) is 23.9 Å². The van der Waals surface area contributed by atoms with Crippen LogP contribution in [0, 0.1) is 5.41 Å². The Kier molecular flexibility index (Phi) is 4.47. The van der Waals surface area contributed by atoms with E-state index in [1.807, 2.05) is 12.1 Å². The van der Waals surface area contributed by atoms with E-state index in [0.29, 0.717) is 11.1 Å². The minimum absolute atomic E-state index is 0.0559. The molecule has 0 aromatic carbocycles. The lowest BCUT2D eigenvalue weighted by atomic mass is 9.74. The summed E-state index contributed by atoms with van der Waals surface area (Å²) in [5.74, 6) is 0.968. The normalized spacial score (nSPS) is 19.1. The van der Waals surface area contributed by atoms with E-state index >= 15 is 0 Å². The third-order valence-corrected chi connectivity index (χ3v) is 4.75. The van der Waals surface area contributed by atoms with Crippen LogP contribution in [0.25, 0.3) is 0 Å². The van der Waals surface area contributed by atoms with Crippen LogP contribution < -0.4 is 10.6 Å². The van der Waals surface area contributed by atoms with Crippen LogP contribution in [0.15, 0.2) is 23.4 Å². The molecule has 0 spiro atoms. The Morgan fingerprint density at radius 1 is 1.35 bits per heavy atom. The molecule has 1 aliphatic rings. The zero-order valence-corrected chi connectivity index (χ0v) is 12.3. The van der Waals surface area contributed by atoms with Crippen molar-refractivity contribution in [1.29, 1.82) is 0 Å². The van der Waals surface area contributed by atoms with Crippen LogP contribution >= 0.6 is 0 Å². The number of amidine groups is 1. The van der Waals surface area contributed by atoms with Gasteiger partial charge in [0.05, 0.1) is 0 Å². The predicted molar refractivity (Wildman–Crippen MR) is 81.2 cm³/mol. The number of anilines is 1. The first-order valence-electron chi connectivity index (χ1n) is 7.34. The molecule has 0 amide bonds. The van der Waals surface area contributed by atoms with E-state index in [0.717, 1.165) is 18.9 Å². The summed E-state index contributed by atoms with van der Waals surface area (Å²) < 4.78 is 0. The van der Waals surface area contributed by atoms with Gasteiger partial charge in [-0.25, -0.2) is 4.98 Å². The molecular formula is C15H24N4O. The van der Waals surface area contributed by atoms with Gasteiger partial charge in [-0.15, -0.1) is 0 Å². The Morgan fingerprint density at radius 3 is 2.55 bits per heavy atom. The van der Waals surface area contributed by atoms with Crippen molar-refractivity contribution in [3.8, 4) is 0 Å². The number of nitrogens with zero attached hydrogens (tertiary/aromatic N) is 3. The van der Waals surface area contributed by atoms with Crippen molar-refractivity contribution in [2.75, 3.05) is 18.0 Å². The van der Waals surface area contributed by atoms with E-state index in [2.05, 4.69) is 28.9 Å². The van der Waals surface area contributed by atoms with Crippen molar-refractivity contribution >= 4 is 11.7 Å². The monoisotopic (exact) mass is 276 g/mol. The highest BCUT2D eigenvalue weighted by molar-refractivity contribution is 5.95. The number of hydrogen-bond donors (Lipinski definition) is 2. The van der Waals surface area contributed by atoms with Crippen molar-refractivity contribution in [3.63, 3.8) is 0 Å². The lowest BCUT2D eigenvalue weighted by molar-refractivity contribution is 0.199. The highest BCUT2D eigenvalue weighted by Gasteiger charge is 2.31. The van der Waals surface area contributed by atoms with E-state index in [1.54, 1.807) is 6.07 Å². The molecule has 0 saturated carbocycles. The molecule has 2 rings (SSSR count). The molecule has 0 aliphatic carbocycles. The van der Waals surface area contributed by atoms with Gasteiger partial charge in [-0.3, -0.25) is 0 Å². The first-order chi connectivity index (χ1) is 9.64. The van der Waals surface area contributed by atoms with Crippen LogP contribution in [-0.2, 0) is 0 Å². The van der Waals surface area contributed by atoms with Crippen molar-refractivity contribution in [2.24, 2.45) is 16.3 Å². The van der Waals surface area contributed by atoms with Gasteiger partial charge in [0.25, 0.3) is 0 Å². The van der Waals surface area contributed by atoms with E-state index in [-0.39, 0.29) is 5.84 Å². The van der Waals surface area contributed by atoms with Crippen LogP contribution in [0.5, 0.6) is 0 Å². The minimum Gasteiger partial charge on any atom is -0.409 e. The molecule has 0 unspecified atom stereocenters. The zero-order valence-electron chi connectivity index (χ0n) is 12.3. The molecule has 1 fully saturated rings. The predicted octanol–water partition coefficient (Wildman–Crippen LogP) is 2.58. The van der Waals surface area contributed by atoms with Gasteiger partial charge < -0.3 is 15.8 Å². The maximum atomic E-state index is 8.73. The Morgan fingerprint density at radius 2 is 2.00 bits per heavy atom. The van der Waals surface area contributed by atoms with Crippen LogP contribution in [-0.4, -0.2) is 29.1 Å². The molecule has 1 aromatic rings. The molecular weight excluding hydrogens is 252 g/mol. The topological polar surface area (TPSA) is 74.7 Å². The molecule has 110 valence electrons. The van der Waals surface area contributed by atoms with Crippen molar-refractivity contribution in [2.45, 2.75) is 39.5 Å². The average Bonchev–Trinajstić information content (AvgIpc) is 2.54. The Bertz CT molecular complexity index is 473. The summed E-state index contributed by atoms with van der Waals surface area (Å²) in [5, 5.41) is 11.7. The summed E-state index contributed by atoms with van der Waals surface area (Å²) in [6.45, 7) is 6.62. The summed E-state index contributed by atoms with van der Waals surface area (Å²) in [6, 6.07) is 5.64. The molecule has 1 aliphatic heterocycles. The van der Waals surface area contributed by atoms with Gasteiger partial charge in [-0.2, -0.15) is 0 Å². The second kappa shape index (κ2) is 6.11. The SMILES string of the molecule is CCC1(CC)CCN(c2cccc(C(N)=NO)n2)CC1. The second-order valence-electron chi connectivity index (χ2n) is 5.56.